The first-order chi connectivity index (χ1) is 6.75. The third-order valence-corrected chi connectivity index (χ3v) is 1.95. The van der Waals surface area contributed by atoms with E-state index < -0.39 is 29.1 Å². The molecule has 0 heterocycles. The summed E-state index contributed by atoms with van der Waals surface area (Å²) in [7, 11) is 2.27. The highest BCUT2D eigenvalue weighted by atomic mass is 16.5. The van der Waals surface area contributed by atoms with Crippen LogP contribution in [0.25, 0.3) is 0 Å². The molecule has 0 aliphatic carbocycles. The number of esters is 2. The smallest absolute Gasteiger partial charge is 0.375 e. The standard InChI is InChI=1S/C10H16O5/c1-10(2,3)6(8(12)14-4)7(11)9(13)15-5/h6H,1-5H3. The first-order valence-corrected chi connectivity index (χ1v) is 4.45. The first-order valence-electron chi connectivity index (χ1n) is 4.45. The van der Waals surface area contributed by atoms with E-state index in [4.69, 9.17) is 0 Å². The van der Waals surface area contributed by atoms with Crippen LogP contribution in [0, 0.1) is 11.3 Å². The Labute approximate surface area is 88.7 Å². The van der Waals surface area contributed by atoms with Crippen LogP contribution in [0.2, 0.25) is 0 Å². The third-order valence-electron chi connectivity index (χ3n) is 1.95. The van der Waals surface area contributed by atoms with Crippen molar-refractivity contribution in [2.45, 2.75) is 20.8 Å². The molecule has 0 saturated heterocycles. The number of carbonyl (C=O) groups is 3. The van der Waals surface area contributed by atoms with E-state index in [0.29, 0.717) is 0 Å². The van der Waals surface area contributed by atoms with E-state index in [1.165, 1.54) is 7.11 Å². The lowest BCUT2D eigenvalue weighted by Crippen LogP contribution is -2.40. The molecule has 5 heteroatoms. The zero-order valence-corrected chi connectivity index (χ0v) is 9.62. The Morgan fingerprint density at radius 2 is 1.47 bits per heavy atom. The van der Waals surface area contributed by atoms with Crippen LogP contribution in [0.1, 0.15) is 20.8 Å². The molecule has 0 fully saturated rings. The fourth-order valence-electron chi connectivity index (χ4n) is 1.19. The maximum atomic E-state index is 11.5. The molecule has 0 saturated carbocycles. The predicted molar refractivity (Wildman–Crippen MR) is 52.0 cm³/mol. The molecule has 15 heavy (non-hydrogen) atoms. The van der Waals surface area contributed by atoms with Crippen LogP contribution in [0.5, 0.6) is 0 Å². The lowest BCUT2D eigenvalue weighted by Gasteiger charge is -2.25. The van der Waals surface area contributed by atoms with Crippen molar-refractivity contribution >= 4 is 17.7 Å². The van der Waals surface area contributed by atoms with Gasteiger partial charge in [0.25, 0.3) is 5.78 Å². The number of Topliss-reactive ketones (excluding diaryl/α,β-unsaturated/α-hetero) is 1. The van der Waals surface area contributed by atoms with Crippen molar-refractivity contribution in [3.8, 4) is 0 Å². The summed E-state index contributed by atoms with van der Waals surface area (Å²) in [5.74, 6) is -3.76. The van der Waals surface area contributed by atoms with Gasteiger partial charge in [-0.15, -0.1) is 0 Å². The van der Waals surface area contributed by atoms with Crippen LogP contribution in [0.3, 0.4) is 0 Å². The van der Waals surface area contributed by atoms with E-state index >= 15 is 0 Å². The number of hydrogen-bond donors (Lipinski definition) is 0. The van der Waals surface area contributed by atoms with Gasteiger partial charge in [0.05, 0.1) is 14.2 Å². The average Bonchev–Trinajstić information content (AvgIpc) is 2.14. The summed E-state index contributed by atoms with van der Waals surface area (Å²) < 4.78 is 8.77. The van der Waals surface area contributed by atoms with Crippen molar-refractivity contribution in [2.75, 3.05) is 14.2 Å². The fourth-order valence-corrected chi connectivity index (χ4v) is 1.19. The van der Waals surface area contributed by atoms with E-state index in [-0.39, 0.29) is 0 Å². The molecule has 0 amide bonds. The summed E-state index contributed by atoms with van der Waals surface area (Å²) in [6.45, 7) is 5.03. The second kappa shape index (κ2) is 4.91. The van der Waals surface area contributed by atoms with Gasteiger partial charge in [0, 0.05) is 0 Å². The zero-order valence-electron chi connectivity index (χ0n) is 9.62. The Kier molecular flexibility index (Phi) is 4.45. The lowest BCUT2D eigenvalue weighted by atomic mass is 9.78. The molecular weight excluding hydrogens is 200 g/mol. The van der Waals surface area contributed by atoms with Gasteiger partial charge in [0.15, 0.2) is 0 Å². The van der Waals surface area contributed by atoms with E-state index in [0.717, 1.165) is 7.11 Å². The summed E-state index contributed by atoms with van der Waals surface area (Å²) in [6.07, 6.45) is 0. The Hall–Kier alpha value is -1.39. The molecule has 1 unspecified atom stereocenters. The monoisotopic (exact) mass is 216 g/mol. The van der Waals surface area contributed by atoms with Gasteiger partial charge in [-0.05, 0) is 5.41 Å². The molecule has 1 atom stereocenters. The summed E-state index contributed by atoms with van der Waals surface area (Å²) >= 11 is 0. The number of methoxy groups -OCH3 is 2. The number of carbonyl (C=O) groups excluding carboxylic acids is 3. The number of hydrogen-bond acceptors (Lipinski definition) is 5. The maximum Gasteiger partial charge on any atom is 0.375 e. The molecular formula is C10H16O5. The second-order valence-electron chi connectivity index (χ2n) is 4.18. The Bertz CT molecular complexity index is 274. The maximum absolute atomic E-state index is 11.5. The fraction of sp³-hybridized carbons (Fsp3) is 0.700. The molecule has 0 aromatic heterocycles. The van der Waals surface area contributed by atoms with E-state index in [1.54, 1.807) is 20.8 Å². The third kappa shape index (κ3) is 3.34. The molecule has 0 radical (unpaired) electrons. The Morgan fingerprint density at radius 1 is 1.00 bits per heavy atom. The summed E-state index contributed by atoms with van der Waals surface area (Å²) in [4.78, 5) is 34.0. The number of ketones is 1. The molecule has 0 rings (SSSR count). The number of ether oxygens (including phenoxy) is 2. The Balaban J connectivity index is 5.05. The average molecular weight is 216 g/mol. The molecule has 0 aromatic carbocycles. The highest BCUT2D eigenvalue weighted by Gasteiger charge is 2.42. The van der Waals surface area contributed by atoms with Crippen LogP contribution in [-0.2, 0) is 23.9 Å². The predicted octanol–water partition coefficient (Wildman–Crippen LogP) is 0.564. The molecule has 0 aliphatic rings. The normalized spacial score (nSPS) is 12.9. The largest absolute Gasteiger partial charge is 0.468 e. The molecule has 86 valence electrons. The van der Waals surface area contributed by atoms with Crippen molar-refractivity contribution in [2.24, 2.45) is 11.3 Å². The Morgan fingerprint density at radius 3 is 1.73 bits per heavy atom. The molecule has 0 aromatic rings. The highest BCUT2D eigenvalue weighted by Crippen LogP contribution is 2.28. The second-order valence-corrected chi connectivity index (χ2v) is 4.18. The van der Waals surface area contributed by atoms with Crippen LogP contribution in [0.4, 0.5) is 0 Å². The lowest BCUT2D eigenvalue weighted by molar-refractivity contribution is -0.163. The first kappa shape index (κ1) is 13.6. The summed E-state index contributed by atoms with van der Waals surface area (Å²) in [6, 6.07) is 0. The molecule has 0 spiro atoms. The van der Waals surface area contributed by atoms with Crippen LogP contribution in [0.15, 0.2) is 0 Å². The van der Waals surface area contributed by atoms with Gasteiger partial charge in [0.1, 0.15) is 5.92 Å². The van der Waals surface area contributed by atoms with Crippen molar-refractivity contribution in [1.82, 2.24) is 0 Å². The van der Waals surface area contributed by atoms with Crippen molar-refractivity contribution in [3.63, 3.8) is 0 Å². The topological polar surface area (TPSA) is 69.7 Å². The van der Waals surface area contributed by atoms with Gasteiger partial charge in [-0.1, -0.05) is 20.8 Å². The van der Waals surface area contributed by atoms with Gasteiger partial charge in [-0.2, -0.15) is 0 Å². The zero-order chi connectivity index (χ0) is 12.2. The minimum Gasteiger partial charge on any atom is -0.468 e. The quantitative estimate of drug-likeness (QED) is 0.392. The van der Waals surface area contributed by atoms with Crippen molar-refractivity contribution in [3.05, 3.63) is 0 Å². The highest BCUT2D eigenvalue weighted by molar-refractivity contribution is 6.38. The van der Waals surface area contributed by atoms with Crippen LogP contribution < -0.4 is 0 Å². The minimum absolute atomic E-state index is 0.682. The van der Waals surface area contributed by atoms with Crippen molar-refractivity contribution < 1.29 is 23.9 Å². The van der Waals surface area contributed by atoms with E-state index in [2.05, 4.69) is 9.47 Å². The van der Waals surface area contributed by atoms with Crippen LogP contribution in [-0.4, -0.2) is 31.9 Å². The molecule has 5 nitrogen and oxygen atoms in total. The molecule has 0 bridgehead atoms. The molecule has 0 aliphatic heterocycles. The summed E-state index contributed by atoms with van der Waals surface area (Å²) in [5, 5.41) is 0. The van der Waals surface area contributed by atoms with Gasteiger partial charge in [-0.3, -0.25) is 9.59 Å². The van der Waals surface area contributed by atoms with E-state index in [9.17, 15) is 14.4 Å². The minimum atomic E-state index is -1.13. The van der Waals surface area contributed by atoms with Crippen LogP contribution >= 0.6 is 0 Å². The van der Waals surface area contributed by atoms with Gasteiger partial charge in [-0.25, -0.2) is 4.79 Å². The summed E-state index contributed by atoms with van der Waals surface area (Å²) in [5.41, 5.74) is -0.682. The van der Waals surface area contributed by atoms with E-state index in [1.807, 2.05) is 0 Å². The van der Waals surface area contributed by atoms with Gasteiger partial charge >= 0.3 is 11.9 Å². The van der Waals surface area contributed by atoms with Crippen molar-refractivity contribution in [1.29, 1.82) is 0 Å². The number of rotatable bonds is 3. The van der Waals surface area contributed by atoms with Gasteiger partial charge < -0.3 is 9.47 Å². The SMILES string of the molecule is COC(=O)C(=O)C(C(=O)OC)C(C)(C)C. The van der Waals surface area contributed by atoms with Gasteiger partial charge in [0.2, 0.25) is 0 Å². The molecule has 0 N–H and O–H groups in total.